The van der Waals surface area contributed by atoms with Gasteiger partial charge in [0.2, 0.25) is 0 Å². The van der Waals surface area contributed by atoms with Gasteiger partial charge in [0.1, 0.15) is 5.75 Å². The lowest BCUT2D eigenvalue weighted by Crippen LogP contribution is -2.39. The number of amides is 1. The predicted molar refractivity (Wildman–Crippen MR) is 68.7 cm³/mol. The molecule has 3 rings (SSSR count). The molecule has 0 unspecified atom stereocenters. The van der Waals surface area contributed by atoms with Crippen LogP contribution in [-0.2, 0) is 0 Å². The van der Waals surface area contributed by atoms with Crippen LogP contribution in [-0.4, -0.2) is 22.2 Å². The number of benzene rings is 1. The Morgan fingerprint density at radius 1 is 1.32 bits per heavy atom. The van der Waals surface area contributed by atoms with E-state index in [4.69, 9.17) is 4.52 Å². The molecule has 0 radical (unpaired) electrons. The first-order valence-corrected chi connectivity index (χ1v) is 6.29. The molecule has 0 aliphatic heterocycles. The van der Waals surface area contributed by atoms with E-state index < -0.39 is 0 Å². The lowest BCUT2D eigenvalue weighted by atomic mass is 9.93. The molecule has 5 nitrogen and oxygen atoms in total. The van der Waals surface area contributed by atoms with E-state index in [2.05, 4.69) is 10.5 Å². The normalized spacial score (nSPS) is 14.9. The summed E-state index contributed by atoms with van der Waals surface area (Å²) in [6.07, 6.45) is 3.24. The molecule has 1 amide bonds. The average molecular weight is 258 g/mol. The lowest BCUT2D eigenvalue weighted by Gasteiger charge is -2.25. The highest BCUT2D eigenvalue weighted by molar-refractivity contribution is 5.93. The third-order valence-electron chi connectivity index (χ3n) is 3.34. The summed E-state index contributed by atoms with van der Waals surface area (Å²) in [6, 6.07) is 8.44. The van der Waals surface area contributed by atoms with Crippen LogP contribution in [0.2, 0.25) is 0 Å². The first-order chi connectivity index (χ1) is 9.22. The smallest absolute Gasteiger partial charge is 0.273 e. The molecule has 0 spiro atoms. The van der Waals surface area contributed by atoms with E-state index in [9.17, 15) is 9.90 Å². The van der Waals surface area contributed by atoms with Crippen molar-refractivity contribution in [1.82, 2.24) is 10.5 Å². The Labute approximate surface area is 110 Å². The Morgan fingerprint density at radius 2 is 2.05 bits per heavy atom. The minimum absolute atomic E-state index is 0.186. The van der Waals surface area contributed by atoms with Crippen molar-refractivity contribution in [2.24, 2.45) is 0 Å². The number of hydrogen-bond donors (Lipinski definition) is 2. The molecule has 19 heavy (non-hydrogen) atoms. The van der Waals surface area contributed by atoms with Crippen molar-refractivity contribution in [3.63, 3.8) is 0 Å². The minimum atomic E-state index is -0.196. The van der Waals surface area contributed by atoms with Crippen molar-refractivity contribution in [2.75, 3.05) is 0 Å². The molecule has 1 aromatic carbocycles. The van der Waals surface area contributed by atoms with Gasteiger partial charge >= 0.3 is 0 Å². The second-order valence-corrected chi connectivity index (χ2v) is 4.72. The number of aromatic hydroxyl groups is 1. The summed E-state index contributed by atoms with van der Waals surface area (Å²) in [6.45, 7) is 0. The van der Waals surface area contributed by atoms with Crippen molar-refractivity contribution in [3.05, 3.63) is 36.0 Å². The van der Waals surface area contributed by atoms with E-state index in [0.29, 0.717) is 5.76 Å². The quantitative estimate of drug-likeness (QED) is 0.886. The molecule has 1 fully saturated rings. The predicted octanol–water partition coefficient (Wildman–Crippen LogP) is 2.33. The van der Waals surface area contributed by atoms with E-state index in [1.165, 1.54) is 6.42 Å². The monoisotopic (exact) mass is 258 g/mol. The summed E-state index contributed by atoms with van der Waals surface area (Å²) in [5.74, 6) is 0.503. The number of nitrogens with zero attached hydrogens (tertiary/aromatic N) is 1. The Hall–Kier alpha value is -2.30. The second kappa shape index (κ2) is 4.76. The summed E-state index contributed by atoms with van der Waals surface area (Å²) in [4.78, 5) is 11.9. The fraction of sp³-hybridized carbons (Fsp3) is 0.286. The molecule has 0 atom stereocenters. The summed E-state index contributed by atoms with van der Waals surface area (Å²) >= 11 is 0. The Bertz CT molecular complexity index is 585. The van der Waals surface area contributed by atoms with Gasteiger partial charge in [0, 0.05) is 17.7 Å². The van der Waals surface area contributed by atoms with Gasteiger partial charge in [-0.1, -0.05) is 5.16 Å². The molecule has 1 saturated carbocycles. The molecule has 1 heterocycles. The van der Waals surface area contributed by atoms with Crippen molar-refractivity contribution < 1.29 is 14.4 Å². The molecular formula is C14H14N2O3. The van der Waals surface area contributed by atoms with Crippen molar-refractivity contribution in [1.29, 1.82) is 0 Å². The topological polar surface area (TPSA) is 75.4 Å². The van der Waals surface area contributed by atoms with Gasteiger partial charge in [0.15, 0.2) is 11.5 Å². The molecule has 0 bridgehead atoms. The Balaban J connectivity index is 1.74. The maximum absolute atomic E-state index is 11.9. The highest BCUT2D eigenvalue weighted by Crippen LogP contribution is 2.23. The van der Waals surface area contributed by atoms with Crippen LogP contribution < -0.4 is 5.32 Å². The van der Waals surface area contributed by atoms with Crippen LogP contribution in [0.3, 0.4) is 0 Å². The van der Waals surface area contributed by atoms with Gasteiger partial charge in [0.05, 0.1) is 0 Å². The van der Waals surface area contributed by atoms with Crippen LogP contribution in [0, 0.1) is 0 Å². The number of carbonyl (C=O) groups is 1. The van der Waals surface area contributed by atoms with E-state index in [-0.39, 0.29) is 23.4 Å². The standard InChI is InChI=1S/C14H14N2O3/c17-11-6-4-9(5-7-11)13-8-12(16-19-13)14(18)15-10-2-1-3-10/h4-8,10,17H,1-3H2,(H,15,18). The molecule has 5 heteroatoms. The van der Waals surface area contributed by atoms with Crippen LogP contribution in [0.15, 0.2) is 34.9 Å². The maximum Gasteiger partial charge on any atom is 0.273 e. The fourth-order valence-corrected chi connectivity index (χ4v) is 1.96. The van der Waals surface area contributed by atoms with E-state index >= 15 is 0 Å². The van der Waals surface area contributed by atoms with Crippen molar-refractivity contribution in [3.8, 4) is 17.1 Å². The molecule has 0 saturated heterocycles. The van der Waals surface area contributed by atoms with E-state index in [0.717, 1.165) is 18.4 Å². The molecule has 2 aromatic rings. The van der Waals surface area contributed by atoms with Crippen molar-refractivity contribution >= 4 is 5.91 Å². The number of phenolic OH excluding ortho intramolecular Hbond substituents is 1. The number of rotatable bonds is 3. The largest absolute Gasteiger partial charge is 0.508 e. The summed E-state index contributed by atoms with van der Waals surface area (Å²) in [7, 11) is 0. The van der Waals surface area contributed by atoms with Gasteiger partial charge < -0.3 is 14.9 Å². The third-order valence-corrected chi connectivity index (χ3v) is 3.34. The Morgan fingerprint density at radius 3 is 2.68 bits per heavy atom. The average Bonchev–Trinajstić information content (AvgIpc) is 2.84. The molecule has 98 valence electrons. The molecular weight excluding hydrogens is 244 g/mol. The summed E-state index contributed by atoms with van der Waals surface area (Å²) in [5.41, 5.74) is 1.06. The van der Waals surface area contributed by atoms with Gasteiger partial charge in [-0.2, -0.15) is 0 Å². The maximum atomic E-state index is 11.9. The summed E-state index contributed by atoms with van der Waals surface area (Å²) in [5, 5.41) is 15.9. The zero-order chi connectivity index (χ0) is 13.2. The number of hydrogen-bond acceptors (Lipinski definition) is 4. The zero-order valence-electron chi connectivity index (χ0n) is 10.3. The van der Waals surface area contributed by atoms with Crippen LogP contribution in [0.5, 0.6) is 5.75 Å². The number of phenols is 1. The number of carbonyl (C=O) groups excluding carboxylic acids is 1. The van der Waals surface area contributed by atoms with Crippen LogP contribution in [0.25, 0.3) is 11.3 Å². The van der Waals surface area contributed by atoms with Gasteiger partial charge in [-0.25, -0.2) is 0 Å². The summed E-state index contributed by atoms with van der Waals surface area (Å²) < 4.78 is 5.15. The van der Waals surface area contributed by atoms with Crippen LogP contribution in [0.4, 0.5) is 0 Å². The highest BCUT2D eigenvalue weighted by Gasteiger charge is 2.22. The zero-order valence-corrected chi connectivity index (χ0v) is 10.3. The fourth-order valence-electron chi connectivity index (χ4n) is 1.96. The van der Waals surface area contributed by atoms with Crippen LogP contribution >= 0.6 is 0 Å². The molecule has 1 aromatic heterocycles. The van der Waals surface area contributed by atoms with Crippen molar-refractivity contribution in [2.45, 2.75) is 25.3 Å². The SMILES string of the molecule is O=C(NC1CCC1)c1cc(-c2ccc(O)cc2)on1. The highest BCUT2D eigenvalue weighted by atomic mass is 16.5. The van der Waals surface area contributed by atoms with Gasteiger partial charge in [-0.15, -0.1) is 0 Å². The number of nitrogens with one attached hydrogen (secondary N) is 1. The first-order valence-electron chi connectivity index (χ1n) is 6.29. The molecule has 2 N–H and O–H groups in total. The van der Waals surface area contributed by atoms with E-state index in [1.807, 2.05) is 0 Å². The van der Waals surface area contributed by atoms with Gasteiger partial charge in [0.25, 0.3) is 5.91 Å². The Kier molecular flexibility index (Phi) is 2.95. The number of aromatic nitrogens is 1. The molecule has 1 aliphatic rings. The molecule has 1 aliphatic carbocycles. The lowest BCUT2D eigenvalue weighted by molar-refractivity contribution is 0.0908. The van der Waals surface area contributed by atoms with Gasteiger partial charge in [-0.3, -0.25) is 4.79 Å². The second-order valence-electron chi connectivity index (χ2n) is 4.72. The third kappa shape index (κ3) is 2.45. The van der Waals surface area contributed by atoms with Gasteiger partial charge in [-0.05, 0) is 43.5 Å². The minimum Gasteiger partial charge on any atom is -0.508 e. The van der Waals surface area contributed by atoms with E-state index in [1.54, 1.807) is 30.3 Å². The first kappa shape index (κ1) is 11.8. The van der Waals surface area contributed by atoms with Crippen LogP contribution in [0.1, 0.15) is 29.8 Å².